The van der Waals surface area contributed by atoms with Gasteiger partial charge in [0.1, 0.15) is 34.7 Å². The van der Waals surface area contributed by atoms with E-state index in [9.17, 15) is 28.2 Å². The van der Waals surface area contributed by atoms with Crippen LogP contribution >= 0.6 is 0 Å². The standard InChI is InChI=1S/C35H47N5O8S.C2H6/c1-35(2,3)48-34(45)37-26-14-16-40(17-15-26)49(46)30-11-9-28(10-12-30)47-29-20-39(21-29)19-24-6-7-25(22-41)31(18-24)33(44)38(5)27(23-42)8-13-32(43)36-4;1-2/h6-7,9-12,18,22-23,26-27,29H,8,13-17,19-21H2,1-5H3,(H,36,43)(H,37,45);1-2H3. The van der Waals surface area contributed by atoms with Gasteiger partial charge in [0.15, 0.2) is 6.29 Å². The van der Waals surface area contributed by atoms with E-state index >= 15 is 0 Å². The van der Waals surface area contributed by atoms with E-state index in [1.807, 2.05) is 63.2 Å². The number of hydrogen-bond donors (Lipinski definition) is 2. The molecule has 0 aliphatic carbocycles. The number of hydrogen-bond acceptors (Lipinski definition) is 9. The number of nitrogens with zero attached hydrogens (tertiary/aromatic N) is 3. The van der Waals surface area contributed by atoms with E-state index in [1.165, 1.54) is 19.0 Å². The van der Waals surface area contributed by atoms with Gasteiger partial charge in [0, 0.05) is 64.8 Å². The molecule has 51 heavy (non-hydrogen) atoms. The maximum atomic E-state index is 13.3. The normalized spacial score (nSPS) is 16.7. The van der Waals surface area contributed by atoms with E-state index in [-0.39, 0.29) is 42.0 Å². The fourth-order valence-electron chi connectivity index (χ4n) is 5.69. The highest BCUT2D eigenvalue weighted by molar-refractivity contribution is 7.82. The third-order valence-corrected chi connectivity index (χ3v) is 9.97. The Morgan fingerprint density at radius 3 is 2.25 bits per heavy atom. The average molecular weight is 728 g/mol. The first kappa shape index (κ1) is 41.3. The van der Waals surface area contributed by atoms with E-state index in [4.69, 9.17) is 9.47 Å². The summed E-state index contributed by atoms with van der Waals surface area (Å²) in [4.78, 5) is 64.5. The van der Waals surface area contributed by atoms with Crippen LogP contribution in [0.25, 0.3) is 0 Å². The first-order chi connectivity index (χ1) is 24.3. The van der Waals surface area contributed by atoms with Crippen LogP contribution in [0.15, 0.2) is 47.4 Å². The summed E-state index contributed by atoms with van der Waals surface area (Å²) < 4.78 is 26.6. The molecule has 2 aliphatic rings. The summed E-state index contributed by atoms with van der Waals surface area (Å²) in [7, 11) is 1.67. The molecule has 2 atom stereocenters. The van der Waals surface area contributed by atoms with Crippen LogP contribution < -0.4 is 15.4 Å². The van der Waals surface area contributed by atoms with Crippen molar-refractivity contribution in [2.75, 3.05) is 40.3 Å². The lowest BCUT2D eigenvalue weighted by molar-refractivity contribution is -0.121. The zero-order valence-electron chi connectivity index (χ0n) is 30.8. The van der Waals surface area contributed by atoms with Gasteiger partial charge in [-0.1, -0.05) is 26.0 Å². The van der Waals surface area contributed by atoms with Crippen molar-refractivity contribution in [2.45, 2.75) is 95.5 Å². The molecule has 14 heteroatoms. The Labute approximate surface area is 304 Å². The molecule has 2 N–H and O–H groups in total. The molecule has 2 aromatic carbocycles. The largest absolute Gasteiger partial charge is 0.488 e. The average Bonchev–Trinajstić information content (AvgIpc) is 3.10. The fourth-order valence-corrected chi connectivity index (χ4v) is 6.90. The third-order valence-electron chi connectivity index (χ3n) is 8.46. The van der Waals surface area contributed by atoms with Gasteiger partial charge >= 0.3 is 6.09 Å². The van der Waals surface area contributed by atoms with E-state index in [0.29, 0.717) is 68.8 Å². The van der Waals surface area contributed by atoms with Crippen molar-refractivity contribution in [1.82, 2.24) is 24.7 Å². The van der Waals surface area contributed by atoms with Crippen LogP contribution in [-0.2, 0) is 31.9 Å². The SMILES string of the molecule is CC.CNC(=O)CCC(C=O)N(C)C(=O)c1cc(CN2CC(Oc3ccc(S(=O)N4CCC(NC(=O)OC(C)(C)C)CC4)cc3)C2)ccc1C=O. The molecule has 280 valence electrons. The van der Waals surface area contributed by atoms with Crippen molar-refractivity contribution >= 4 is 41.5 Å². The Balaban J connectivity index is 0.00000345. The summed E-state index contributed by atoms with van der Waals surface area (Å²) in [6, 6.07) is 11.5. The van der Waals surface area contributed by atoms with E-state index in [2.05, 4.69) is 15.5 Å². The minimum atomic E-state index is -1.33. The molecule has 2 unspecified atom stereocenters. The van der Waals surface area contributed by atoms with Gasteiger partial charge in [-0.15, -0.1) is 0 Å². The number of alkyl carbamates (subject to hydrolysis) is 1. The quantitative estimate of drug-likeness (QED) is 0.275. The molecule has 0 spiro atoms. The summed E-state index contributed by atoms with van der Waals surface area (Å²) in [6.07, 6.45) is 2.41. The Bertz CT molecular complexity index is 1520. The number of carbonyl (C=O) groups is 5. The molecule has 0 aromatic heterocycles. The molecular weight excluding hydrogens is 675 g/mol. The Kier molecular flexibility index (Phi) is 15.8. The second-order valence-electron chi connectivity index (χ2n) is 13.4. The lowest BCUT2D eigenvalue weighted by atomic mass is 10.0. The summed E-state index contributed by atoms with van der Waals surface area (Å²) in [5.41, 5.74) is 0.712. The molecular formula is C37H53N5O8S. The molecule has 2 heterocycles. The molecule has 0 saturated carbocycles. The van der Waals surface area contributed by atoms with Gasteiger partial charge in [0.05, 0.1) is 16.5 Å². The second kappa shape index (κ2) is 19.5. The lowest BCUT2D eigenvalue weighted by Gasteiger charge is -2.39. The van der Waals surface area contributed by atoms with Crippen LogP contribution in [0.3, 0.4) is 0 Å². The molecule has 0 bridgehead atoms. The van der Waals surface area contributed by atoms with Crippen LogP contribution in [0, 0.1) is 0 Å². The van der Waals surface area contributed by atoms with Gasteiger partial charge in [0.25, 0.3) is 5.91 Å². The first-order valence-electron chi connectivity index (χ1n) is 17.5. The predicted octanol–water partition coefficient (Wildman–Crippen LogP) is 3.97. The molecule has 3 amide bonds. The van der Waals surface area contributed by atoms with Gasteiger partial charge in [-0.25, -0.2) is 13.3 Å². The third kappa shape index (κ3) is 12.3. The minimum Gasteiger partial charge on any atom is -0.488 e. The van der Waals surface area contributed by atoms with Crippen LogP contribution in [-0.4, -0.2) is 113 Å². The molecule has 13 nitrogen and oxygen atoms in total. The zero-order chi connectivity index (χ0) is 37.7. The predicted molar refractivity (Wildman–Crippen MR) is 195 cm³/mol. The number of likely N-dealkylation sites (tertiary alicyclic amines) is 1. The first-order valence-corrected chi connectivity index (χ1v) is 18.6. The van der Waals surface area contributed by atoms with E-state index in [0.717, 1.165) is 5.56 Å². The second-order valence-corrected chi connectivity index (χ2v) is 14.9. The van der Waals surface area contributed by atoms with Crippen molar-refractivity contribution in [3.8, 4) is 5.75 Å². The van der Waals surface area contributed by atoms with E-state index < -0.39 is 34.6 Å². The summed E-state index contributed by atoms with van der Waals surface area (Å²) in [5.74, 6) is -0.0158. The Hall–Kier alpha value is -4.14. The molecule has 2 saturated heterocycles. The highest BCUT2D eigenvalue weighted by atomic mass is 32.2. The van der Waals surface area contributed by atoms with Crippen molar-refractivity contribution in [3.05, 3.63) is 59.2 Å². The van der Waals surface area contributed by atoms with Crippen LogP contribution in [0.1, 0.15) is 86.6 Å². The minimum absolute atomic E-state index is 0.0173. The van der Waals surface area contributed by atoms with Crippen molar-refractivity contribution in [2.24, 2.45) is 0 Å². The van der Waals surface area contributed by atoms with Gasteiger partial charge < -0.3 is 29.8 Å². The van der Waals surface area contributed by atoms with Crippen LogP contribution in [0.5, 0.6) is 5.75 Å². The Morgan fingerprint density at radius 1 is 1.04 bits per heavy atom. The topological polar surface area (TPSA) is 155 Å². The number of aldehydes is 2. The number of likely N-dealkylation sites (N-methyl/N-ethyl adjacent to an activating group) is 1. The highest BCUT2D eigenvalue weighted by Gasteiger charge is 2.30. The number of carbonyl (C=O) groups excluding carboxylic acids is 5. The van der Waals surface area contributed by atoms with Crippen molar-refractivity contribution < 1.29 is 37.7 Å². The molecule has 0 radical (unpaired) electrons. The number of amides is 3. The lowest BCUT2D eigenvalue weighted by Crippen LogP contribution is -2.53. The van der Waals surface area contributed by atoms with Crippen molar-refractivity contribution in [1.29, 1.82) is 0 Å². The van der Waals surface area contributed by atoms with E-state index in [1.54, 1.807) is 18.2 Å². The molecule has 2 aliphatic heterocycles. The number of rotatable bonds is 14. The number of piperidine rings is 1. The molecule has 2 aromatic rings. The fraction of sp³-hybridized carbons (Fsp3) is 0.541. The smallest absolute Gasteiger partial charge is 0.407 e. The number of ether oxygens (including phenoxy) is 2. The van der Waals surface area contributed by atoms with Gasteiger partial charge in [0.2, 0.25) is 5.91 Å². The van der Waals surface area contributed by atoms with Crippen LogP contribution in [0.4, 0.5) is 4.79 Å². The van der Waals surface area contributed by atoms with Gasteiger partial charge in [-0.05, 0) is 75.9 Å². The van der Waals surface area contributed by atoms with Crippen molar-refractivity contribution in [3.63, 3.8) is 0 Å². The Morgan fingerprint density at radius 2 is 1.69 bits per heavy atom. The summed E-state index contributed by atoms with van der Waals surface area (Å²) in [5, 5.41) is 5.40. The summed E-state index contributed by atoms with van der Waals surface area (Å²) >= 11 is 0. The number of nitrogens with one attached hydrogen (secondary N) is 2. The maximum Gasteiger partial charge on any atom is 0.407 e. The highest BCUT2D eigenvalue weighted by Crippen LogP contribution is 2.24. The van der Waals surface area contributed by atoms with Gasteiger partial charge in [-0.2, -0.15) is 0 Å². The number of benzene rings is 2. The molecule has 4 rings (SSSR count). The monoisotopic (exact) mass is 727 g/mol. The zero-order valence-corrected chi connectivity index (χ0v) is 31.6. The van der Waals surface area contributed by atoms with Crippen LogP contribution in [0.2, 0.25) is 0 Å². The summed E-state index contributed by atoms with van der Waals surface area (Å²) in [6.45, 7) is 12.5. The van der Waals surface area contributed by atoms with Gasteiger partial charge in [-0.3, -0.25) is 19.3 Å². The maximum absolute atomic E-state index is 13.3. The molecule has 2 fully saturated rings.